The fourth-order valence-electron chi connectivity index (χ4n) is 3.73. The molecule has 1 unspecified atom stereocenters. The van der Waals surface area contributed by atoms with Gasteiger partial charge in [-0.1, -0.05) is 44.7 Å². The lowest BCUT2D eigenvalue weighted by atomic mass is 9.72. The van der Waals surface area contributed by atoms with Gasteiger partial charge in [0, 0.05) is 4.88 Å². The molecule has 0 radical (unpaired) electrons. The van der Waals surface area contributed by atoms with Gasteiger partial charge in [-0.2, -0.15) is 5.26 Å². The number of benzene rings is 1. The number of oxazole rings is 1. The highest BCUT2D eigenvalue weighted by Gasteiger charge is 2.32. The Kier molecular flexibility index (Phi) is 5.41. The molecule has 0 saturated heterocycles. The zero-order valence-corrected chi connectivity index (χ0v) is 18.4. The van der Waals surface area contributed by atoms with Gasteiger partial charge in [-0.3, -0.25) is 4.79 Å². The molecule has 4 rings (SSSR count). The fraction of sp³-hybridized carbons (Fsp3) is 0.409. The number of hydrogen-bond donors (Lipinski definition) is 1. The van der Waals surface area contributed by atoms with E-state index in [1.165, 1.54) is 16.6 Å². The third-order valence-corrected chi connectivity index (χ3v) is 7.45. The third-order valence-electron chi connectivity index (χ3n) is 5.46. The third kappa shape index (κ3) is 4.19. The van der Waals surface area contributed by atoms with Gasteiger partial charge < -0.3 is 9.73 Å². The molecule has 1 atom stereocenters. The van der Waals surface area contributed by atoms with Gasteiger partial charge >= 0.3 is 0 Å². The molecule has 0 spiro atoms. The van der Waals surface area contributed by atoms with E-state index < -0.39 is 0 Å². The molecule has 2 heterocycles. The molecule has 1 N–H and O–H groups in total. The Labute approximate surface area is 178 Å². The van der Waals surface area contributed by atoms with Gasteiger partial charge in [0.1, 0.15) is 16.6 Å². The van der Waals surface area contributed by atoms with Crippen LogP contribution in [0, 0.1) is 22.7 Å². The zero-order valence-electron chi connectivity index (χ0n) is 16.7. The number of amides is 1. The lowest BCUT2D eigenvalue weighted by molar-refractivity contribution is -0.113. The highest BCUT2D eigenvalue weighted by Crippen LogP contribution is 2.44. The summed E-state index contributed by atoms with van der Waals surface area (Å²) in [5.41, 5.74) is 3.49. The van der Waals surface area contributed by atoms with E-state index in [1.807, 2.05) is 24.3 Å². The molecule has 1 amide bonds. The highest BCUT2D eigenvalue weighted by atomic mass is 32.2. The number of thioether (sulfide) groups is 1. The van der Waals surface area contributed by atoms with Crippen molar-refractivity contribution in [2.24, 2.45) is 11.3 Å². The highest BCUT2D eigenvalue weighted by molar-refractivity contribution is 7.99. The van der Waals surface area contributed by atoms with Crippen LogP contribution in [0.3, 0.4) is 0 Å². The molecule has 5 nitrogen and oxygen atoms in total. The van der Waals surface area contributed by atoms with E-state index in [4.69, 9.17) is 4.42 Å². The normalized spacial score (nSPS) is 16.4. The average Bonchev–Trinajstić information content (AvgIpc) is 3.25. The lowest BCUT2D eigenvalue weighted by Crippen LogP contribution is -2.26. The molecule has 1 aliphatic carbocycles. The van der Waals surface area contributed by atoms with Crippen molar-refractivity contribution in [3.05, 3.63) is 40.3 Å². The van der Waals surface area contributed by atoms with Gasteiger partial charge in [-0.15, -0.1) is 11.3 Å². The van der Waals surface area contributed by atoms with Crippen LogP contribution >= 0.6 is 23.1 Å². The number of rotatable bonds is 4. The summed E-state index contributed by atoms with van der Waals surface area (Å²) in [7, 11) is 0. The van der Waals surface area contributed by atoms with E-state index in [1.54, 1.807) is 11.3 Å². The molecule has 7 heteroatoms. The Morgan fingerprint density at radius 1 is 1.41 bits per heavy atom. The van der Waals surface area contributed by atoms with Gasteiger partial charge in [0.2, 0.25) is 5.91 Å². The smallest absolute Gasteiger partial charge is 0.257 e. The molecule has 29 heavy (non-hydrogen) atoms. The molecule has 1 aliphatic rings. The van der Waals surface area contributed by atoms with E-state index in [0.29, 0.717) is 27.3 Å². The number of thiophene rings is 1. The number of nitriles is 1. The lowest BCUT2D eigenvalue weighted by Gasteiger charge is -2.33. The van der Waals surface area contributed by atoms with Gasteiger partial charge in [-0.05, 0) is 48.3 Å². The maximum atomic E-state index is 12.5. The maximum Gasteiger partial charge on any atom is 0.257 e. The van der Waals surface area contributed by atoms with Crippen LogP contribution in [0.4, 0.5) is 5.00 Å². The summed E-state index contributed by atoms with van der Waals surface area (Å²) < 4.78 is 5.65. The largest absolute Gasteiger partial charge is 0.431 e. The van der Waals surface area contributed by atoms with Crippen molar-refractivity contribution in [2.75, 3.05) is 11.1 Å². The van der Waals surface area contributed by atoms with Crippen molar-refractivity contribution in [3.63, 3.8) is 0 Å². The standard InChI is InChI=1S/C22H23N3O2S2/c1-22(2,3)13-8-9-14-15(11-23)20(29-18(14)10-13)25-19(26)12-28-21-24-16-6-4-5-7-17(16)27-21/h4-7,13H,8-10,12H2,1-3H3,(H,25,26). The number of aromatic nitrogens is 1. The molecule has 0 bridgehead atoms. The Balaban J connectivity index is 1.44. The summed E-state index contributed by atoms with van der Waals surface area (Å²) in [5.74, 6) is 0.628. The molecule has 0 aliphatic heterocycles. The minimum absolute atomic E-state index is 0.153. The molecule has 1 aromatic carbocycles. The van der Waals surface area contributed by atoms with Crippen molar-refractivity contribution >= 4 is 45.1 Å². The van der Waals surface area contributed by atoms with Crippen LogP contribution in [0.1, 0.15) is 43.2 Å². The van der Waals surface area contributed by atoms with Crippen molar-refractivity contribution in [2.45, 2.75) is 45.3 Å². The van der Waals surface area contributed by atoms with Crippen LogP contribution in [-0.4, -0.2) is 16.6 Å². The van der Waals surface area contributed by atoms with Crippen LogP contribution in [-0.2, 0) is 17.6 Å². The van der Waals surface area contributed by atoms with Crippen molar-refractivity contribution in [1.82, 2.24) is 4.98 Å². The van der Waals surface area contributed by atoms with Gasteiger partial charge in [0.05, 0.1) is 11.3 Å². The second-order valence-electron chi connectivity index (χ2n) is 8.41. The van der Waals surface area contributed by atoms with E-state index in [0.717, 1.165) is 30.3 Å². The van der Waals surface area contributed by atoms with Gasteiger partial charge in [-0.25, -0.2) is 4.98 Å². The SMILES string of the molecule is CC(C)(C)C1CCc2c(sc(NC(=O)CSc3nc4ccccc4o3)c2C#N)C1. The number of carbonyl (C=O) groups is 1. The Bertz CT molecular complexity index is 1070. The molecule has 3 aromatic rings. The molecule has 0 saturated carbocycles. The number of anilines is 1. The average molecular weight is 426 g/mol. The minimum Gasteiger partial charge on any atom is -0.431 e. The summed E-state index contributed by atoms with van der Waals surface area (Å²) in [6.45, 7) is 6.81. The summed E-state index contributed by atoms with van der Waals surface area (Å²) in [4.78, 5) is 18.1. The van der Waals surface area contributed by atoms with Crippen LogP contribution < -0.4 is 5.32 Å². The Hall–Kier alpha value is -2.30. The molecular formula is C22H23N3O2S2. The topological polar surface area (TPSA) is 78.9 Å². The predicted molar refractivity (Wildman–Crippen MR) is 117 cm³/mol. The zero-order chi connectivity index (χ0) is 20.6. The fourth-order valence-corrected chi connectivity index (χ4v) is 5.67. The van der Waals surface area contributed by atoms with Crippen LogP contribution in [0.25, 0.3) is 11.1 Å². The monoisotopic (exact) mass is 425 g/mol. The summed E-state index contributed by atoms with van der Waals surface area (Å²) in [5, 5.41) is 13.8. The molecule has 150 valence electrons. The van der Waals surface area contributed by atoms with Crippen LogP contribution in [0.5, 0.6) is 0 Å². The van der Waals surface area contributed by atoms with E-state index in [2.05, 4.69) is 37.1 Å². The molecule has 0 fully saturated rings. The second kappa shape index (κ2) is 7.85. The maximum absolute atomic E-state index is 12.5. The number of nitrogens with one attached hydrogen (secondary N) is 1. The Morgan fingerprint density at radius 2 is 2.21 bits per heavy atom. The first-order valence-corrected chi connectivity index (χ1v) is 11.5. The summed E-state index contributed by atoms with van der Waals surface area (Å²) >= 11 is 2.81. The quantitative estimate of drug-likeness (QED) is 0.547. The first-order chi connectivity index (χ1) is 13.8. The number of fused-ring (bicyclic) bond motifs is 2. The Morgan fingerprint density at radius 3 is 2.93 bits per heavy atom. The number of para-hydroxylation sites is 2. The van der Waals surface area contributed by atoms with Gasteiger partial charge in [0.15, 0.2) is 5.58 Å². The summed E-state index contributed by atoms with van der Waals surface area (Å²) in [6.07, 6.45) is 2.97. The van der Waals surface area contributed by atoms with Crippen molar-refractivity contribution in [3.8, 4) is 6.07 Å². The van der Waals surface area contributed by atoms with E-state index >= 15 is 0 Å². The molecular weight excluding hydrogens is 402 g/mol. The van der Waals surface area contributed by atoms with Crippen LogP contribution in [0.15, 0.2) is 33.9 Å². The first-order valence-electron chi connectivity index (χ1n) is 9.68. The molecule has 2 aromatic heterocycles. The van der Waals surface area contributed by atoms with E-state index in [-0.39, 0.29) is 17.1 Å². The number of carbonyl (C=O) groups excluding carboxylic acids is 1. The number of hydrogen-bond acceptors (Lipinski definition) is 6. The van der Waals surface area contributed by atoms with E-state index in [9.17, 15) is 10.1 Å². The van der Waals surface area contributed by atoms with Crippen molar-refractivity contribution < 1.29 is 9.21 Å². The minimum atomic E-state index is -0.153. The number of nitrogens with zero attached hydrogens (tertiary/aromatic N) is 2. The van der Waals surface area contributed by atoms with Gasteiger partial charge in [0.25, 0.3) is 5.22 Å². The van der Waals surface area contributed by atoms with Crippen molar-refractivity contribution in [1.29, 1.82) is 5.26 Å². The first kappa shape index (κ1) is 20.0. The van der Waals surface area contributed by atoms with Crippen LogP contribution in [0.2, 0.25) is 0 Å². The predicted octanol–water partition coefficient (Wildman–Crippen LogP) is 5.64. The summed E-state index contributed by atoms with van der Waals surface area (Å²) in [6, 6.07) is 9.83. The second-order valence-corrected chi connectivity index (χ2v) is 10.4.